The van der Waals surface area contributed by atoms with Crippen molar-refractivity contribution >= 4 is 6.09 Å². The molecule has 0 saturated carbocycles. The highest BCUT2D eigenvalue weighted by Crippen LogP contribution is 2.18. The van der Waals surface area contributed by atoms with Gasteiger partial charge < -0.3 is 15.0 Å². The van der Waals surface area contributed by atoms with E-state index in [-0.39, 0.29) is 17.8 Å². The largest absolute Gasteiger partial charge is 0.444 e. The maximum atomic E-state index is 12.0. The Balaban J connectivity index is 2.64. The molecule has 0 atom stereocenters. The fraction of sp³-hybridized carbons (Fsp3) is 0.588. The molecule has 7 heteroatoms. The Kier molecular flexibility index (Phi) is 7.00. The van der Waals surface area contributed by atoms with Crippen LogP contribution in [0.4, 0.5) is 4.79 Å². The number of piperidine rings is 1. The minimum atomic E-state index is -0.515. The molecule has 1 aliphatic heterocycles. The Labute approximate surface area is 143 Å². The SMILES string of the molecule is C=C/C=C(NC1CCN(C(=O)OC(C)(C)C)CC1)\C(=C/C)[N+](=O)[O-]. The molecular formula is C17H27N3O4. The van der Waals surface area contributed by atoms with Gasteiger partial charge in [0.05, 0.1) is 4.92 Å². The second kappa shape index (κ2) is 8.52. The van der Waals surface area contributed by atoms with E-state index in [1.807, 2.05) is 20.8 Å². The predicted molar refractivity (Wildman–Crippen MR) is 93.0 cm³/mol. The summed E-state index contributed by atoms with van der Waals surface area (Å²) in [6, 6.07) is 0.0600. The van der Waals surface area contributed by atoms with E-state index in [2.05, 4.69) is 11.9 Å². The van der Waals surface area contributed by atoms with Gasteiger partial charge in [-0.05, 0) is 52.7 Å². The van der Waals surface area contributed by atoms with Crippen LogP contribution in [0.15, 0.2) is 36.2 Å². The van der Waals surface area contributed by atoms with Crippen molar-refractivity contribution in [3.8, 4) is 0 Å². The lowest BCUT2D eigenvalue weighted by Gasteiger charge is -2.34. The molecule has 1 rings (SSSR count). The lowest BCUT2D eigenvalue weighted by molar-refractivity contribution is -0.421. The Hall–Kier alpha value is -2.31. The molecule has 1 amide bonds. The molecule has 0 aromatic carbocycles. The van der Waals surface area contributed by atoms with E-state index in [9.17, 15) is 14.9 Å². The Morgan fingerprint density at radius 2 is 1.96 bits per heavy atom. The third kappa shape index (κ3) is 6.06. The quantitative estimate of drug-likeness (QED) is 0.473. The number of amides is 1. The van der Waals surface area contributed by atoms with Gasteiger partial charge in [-0.3, -0.25) is 10.1 Å². The summed E-state index contributed by atoms with van der Waals surface area (Å²) in [5.74, 6) is 0. The molecule has 24 heavy (non-hydrogen) atoms. The molecule has 0 aliphatic carbocycles. The highest BCUT2D eigenvalue weighted by molar-refractivity contribution is 5.68. The summed E-state index contributed by atoms with van der Waals surface area (Å²) in [5.41, 5.74) is -0.0591. The third-order valence-electron chi connectivity index (χ3n) is 3.54. The van der Waals surface area contributed by atoms with Crippen molar-refractivity contribution in [2.75, 3.05) is 13.1 Å². The maximum Gasteiger partial charge on any atom is 0.410 e. The molecule has 7 nitrogen and oxygen atoms in total. The molecular weight excluding hydrogens is 310 g/mol. The van der Waals surface area contributed by atoms with E-state index < -0.39 is 10.5 Å². The predicted octanol–water partition coefficient (Wildman–Crippen LogP) is 3.23. The van der Waals surface area contributed by atoms with Gasteiger partial charge in [0.1, 0.15) is 11.3 Å². The van der Waals surface area contributed by atoms with E-state index in [0.29, 0.717) is 31.6 Å². The number of hydrogen-bond donors (Lipinski definition) is 1. The highest BCUT2D eigenvalue weighted by atomic mass is 16.6. The van der Waals surface area contributed by atoms with Crippen molar-refractivity contribution in [1.82, 2.24) is 10.2 Å². The van der Waals surface area contributed by atoms with Crippen LogP contribution in [-0.2, 0) is 4.74 Å². The molecule has 0 unspecified atom stereocenters. The summed E-state index contributed by atoms with van der Waals surface area (Å²) >= 11 is 0. The van der Waals surface area contributed by atoms with E-state index in [1.165, 1.54) is 12.2 Å². The molecule has 1 heterocycles. The van der Waals surface area contributed by atoms with Gasteiger partial charge in [0.25, 0.3) is 5.70 Å². The second-order valence-electron chi connectivity index (χ2n) is 6.63. The summed E-state index contributed by atoms with van der Waals surface area (Å²) in [6.45, 7) is 11.8. The van der Waals surface area contributed by atoms with Gasteiger partial charge >= 0.3 is 6.09 Å². The number of rotatable bonds is 5. The van der Waals surface area contributed by atoms with Crippen LogP contribution in [0.1, 0.15) is 40.5 Å². The minimum absolute atomic E-state index is 0.0180. The first-order chi connectivity index (χ1) is 11.2. The zero-order valence-corrected chi connectivity index (χ0v) is 14.9. The number of likely N-dealkylation sites (tertiary alicyclic amines) is 1. The van der Waals surface area contributed by atoms with Crippen LogP contribution in [0.25, 0.3) is 0 Å². The molecule has 0 radical (unpaired) electrons. The van der Waals surface area contributed by atoms with Crippen molar-refractivity contribution in [2.24, 2.45) is 0 Å². The number of hydrogen-bond acceptors (Lipinski definition) is 5. The lowest BCUT2D eigenvalue weighted by atomic mass is 10.0. The summed E-state index contributed by atoms with van der Waals surface area (Å²) in [4.78, 5) is 24.4. The number of nitrogens with zero attached hydrogens (tertiary/aromatic N) is 2. The Bertz CT molecular complexity index is 539. The molecule has 1 saturated heterocycles. The van der Waals surface area contributed by atoms with Crippen LogP contribution in [0, 0.1) is 10.1 Å². The number of nitro groups is 1. The van der Waals surface area contributed by atoms with Crippen molar-refractivity contribution in [2.45, 2.75) is 52.2 Å². The first-order valence-electron chi connectivity index (χ1n) is 8.06. The normalized spacial score (nSPS) is 17.4. The van der Waals surface area contributed by atoms with Crippen LogP contribution < -0.4 is 5.32 Å². The van der Waals surface area contributed by atoms with Gasteiger partial charge in [0.15, 0.2) is 0 Å². The van der Waals surface area contributed by atoms with Crippen LogP contribution >= 0.6 is 0 Å². The van der Waals surface area contributed by atoms with Gasteiger partial charge in [-0.25, -0.2) is 4.79 Å². The van der Waals surface area contributed by atoms with Gasteiger partial charge in [-0.2, -0.15) is 0 Å². The highest BCUT2D eigenvalue weighted by Gasteiger charge is 2.28. The van der Waals surface area contributed by atoms with Crippen LogP contribution in [0.3, 0.4) is 0 Å². The number of nitrogens with one attached hydrogen (secondary N) is 1. The van der Waals surface area contributed by atoms with Crippen LogP contribution in [0.5, 0.6) is 0 Å². The first-order valence-corrected chi connectivity index (χ1v) is 8.06. The number of carbonyl (C=O) groups is 1. The molecule has 0 bridgehead atoms. The topological polar surface area (TPSA) is 84.7 Å². The molecule has 134 valence electrons. The van der Waals surface area contributed by atoms with Gasteiger partial charge in [-0.15, -0.1) is 0 Å². The fourth-order valence-corrected chi connectivity index (χ4v) is 2.44. The average Bonchev–Trinajstić information content (AvgIpc) is 2.46. The van der Waals surface area contributed by atoms with Crippen molar-refractivity contribution in [3.05, 3.63) is 46.3 Å². The minimum Gasteiger partial charge on any atom is -0.444 e. The monoisotopic (exact) mass is 337 g/mol. The van der Waals surface area contributed by atoms with Crippen molar-refractivity contribution in [3.63, 3.8) is 0 Å². The smallest absolute Gasteiger partial charge is 0.410 e. The third-order valence-corrected chi connectivity index (χ3v) is 3.54. The number of allylic oxidation sites excluding steroid dienone is 3. The molecule has 1 aliphatic rings. The van der Waals surface area contributed by atoms with E-state index in [0.717, 1.165) is 0 Å². The molecule has 1 N–H and O–H groups in total. The van der Waals surface area contributed by atoms with E-state index in [4.69, 9.17) is 4.74 Å². The summed E-state index contributed by atoms with van der Waals surface area (Å²) in [6.07, 6.45) is 5.65. The van der Waals surface area contributed by atoms with Crippen LogP contribution in [0.2, 0.25) is 0 Å². The summed E-state index contributed by atoms with van der Waals surface area (Å²) in [5, 5.41) is 14.3. The fourth-order valence-electron chi connectivity index (χ4n) is 2.44. The van der Waals surface area contributed by atoms with Crippen molar-refractivity contribution < 1.29 is 14.5 Å². The maximum absolute atomic E-state index is 12.0. The standard InChI is InChI=1S/C17H27N3O4/c1-6-8-14(15(7-2)20(22)23)18-13-9-11-19(12-10-13)16(21)24-17(3,4)5/h6-8,13,18H,1,9-12H2,2-5H3/b14-8+,15-7+. The van der Waals surface area contributed by atoms with E-state index in [1.54, 1.807) is 17.9 Å². The molecule has 0 spiro atoms. The summed E-state index contributed by atoms with van der Waals surface area (Å²) < 4.78 is 5.36. The molecule has 1 fully saturated rings. The zero-order valence-electron chi connectivity index (χ0n) is 14.9. The first kappa shape index (κ1) is 19.7. The van der Waals surface area contributed by atoms with Gasteiger partial charge in [-0.1, -0.05) is 12.7 Å². The molecule has 0 aromatic rings. The Morgan fingerprint density at radius 1 is 1.38 bits per heavy atom. The number of carbonyl (C=O) groups excluding carboxylic acids is 1. The Morgan fingerprint density at radius 3 is 2.38 bits per heavy atom. The van der Waals surface area contributed by atoms with Gasteiger partial charge in [0.2, 0.25) is 0 Å². The molecule has 0 aromatic heterocycles. The van der Waals surface area contributed by atoms with E-state index >= 15 is 0 Å². The zero-order chi connectivity index (χ0) is 18.3. The number of ether oxygens (including phenoxy) is 1. The van der Waals surface area contributed by atoms with Crippen LogP contribution in [-0.4, -0.2) is 40.6 Å². The second-order valence-corrected chi connectivity index (χ2v) is 6.63. The summed E-state index contributed by atoms with van der Waals surface area (Å²) in [7, 11) is 0. The van der Waals surface area contributed by atoms with Gasteiger partial charge in [0, 0.05) is 19.1 Å². The average molecular weight is 337 g/mol. The lowest BCUT2D eigenvalue weighted by Crippen LogP contribution is -2.46. The van der Waals surface area contributed by atoms with Crippen molar-refractivity contribution in [1.29, 1.82) is 0 Å².